The van der Waals surface area contributed by atoms with Crippen LogP contribution < -0.4 is 14.5 Å². The van der Waals surface area contributed by atoms with Crippen LogP contribution in [0.4, 0.5) is 22.7 Å². The average molecular weight is 925 g/mol. The van der Waals surface area contributed by atoms with Gasteiger partial charge >= 0.3 is 0 Å². The molecule has 0 N–H and O–H groups in total. The van der Waals surface area contributed by atoms with Gasteiger partial charge in [0.1, 0.15) is 5.82 Å². The van der Waals surface area contributed by atoms with Gasteiger partial charge in [0.2, 0.25) is 0 Å². The minimum atomic E-state index is 0. The number of hydrogen-bond donors (Lipinski definition) is 0. The van der Waals surface area contributed by atoms with Crippen molar-refractivity contribution >= 4 is 44.6 Å². The Morgan fingerprint density at radius 2 is 1.28 bits per heavy atom. The van der Waals surface area contributed by atoms with Crippen molar-refractivity contribution in [3.8, 4) is 28.4 Å². The smallest absolute Gasteiger partial charge is 0.135 e. The van der Waals surface area contributed by atoms with Gasteiger partial charge in [-0.2, -0.15) is 12.1 Å². The van der Waals surface area contributed by atoms with Crippen LogP contribution in [-0.4, -0.2) is 9.55 Å². The molecule has 0 saturated carbocycles. The molecule has 1 aliphatic heterocycles. The van der Waals surface area contributed by atoms with Gasteiger partial charge in [0.25, 0.3) is 0 Å². The van der Waals surface area contributed by atoms with Crippen LogP contribution in [0.3, 0.4) is 0 Å². The van der Waals surface area contributed by atoms with Gasteiger partial charge in [-0.1, -0.05) is 114 Å². The van der Waals surface area contributed by atoms with Gasteiger partial charge in [-0.15, -0.1) is 48.1 Å². The molecule has 5 nitrogen and oxygen atoms in total. The first-order valence-electron chi connectivity index (χ1n) is 19.3. The monoisotopic (exact) mass is 924 g/mol. The average Bonchev–Trinajstić information content (AvgIpc) is 3.74. The molecule has 0 saturated heterocycles. The van der Waals surface area contributed by atoms with E-state index in [1.165, 1.54) is 16.7 Å². The normalized spacial score (nSPS) is 12.9. The largest absolute Gasteiger partial charge is 0.509 e. The summed E-state index contributed by atoms with van der Waals surface area (Å²) in [6.07, 6.45) is 2.00. The molecule has 1 aliphatic rings. The van der Waals surface area contributed by atoms with E-state index in [1.54, 1.807) is 0 Å². The third kappa shape index (κ3) is 7.15. The van der Waals surface area contributed by atoms with Gasteiger partial charge in [0, 0.05) is 66.9 Å². The number of anilines is 4. The third-order valence-corrected chi connectivity index (χ3v) is 10.8. The molecule has 288 valence electrons. The topological polar surface area (TPSA) is 33.5 Å². The number of para-hydroxylation sites is 3. The van der Waals surface area contributed by atoms with Crippen LogP contribution in [-0.2, 0) is 31.9 Å². The standard InChI is InChI=1S/C51H45N4O.Pt/c1-34-27-49(52-32-44(34)35-15-12-16-36(28-35)50(2,3)4)55-45-22-9-8-21-42(45)43-26-25-41(31-48(43)55)56-40-20-14-19-39(30-40)54-33-53(46-23-10-11-24-47(46)54)38-18-13-17-37(29-38)51(5,6)7;/h8-29,32-33H,1-7H3;/q-3;. The van der Waals surface area contributed by atoms with Crippen LogP contribution in [0.25, 0.3) is 38.8 Å². The molecular weight excluding hydrogens is 880 g/mol. The fraction of sp³-hybridized carbons (Fsp3) is 0.176. The number of nitrogens with zero attached hydrogens (tertiary/aromatic N) is 4. The summed E-state index contributed by atoms with van der Waals surface area (Å²) < 4.78 is 8.76. The number of benzene rings is 6. The van der Waals surface area contributed by atoms with E-state index >= 15 is 0 Å². The summed E-state index contributed by atoms with van der Waals surface area (Å²) in [6.45, 7) is 17.8. The Bertz CT molecular complexity index is 2770. The number of rotatable bonds is 6. The molecule has 2 aromatic heterocycles. The van der Waals surface area contributed by atoms with Gasteiger partial charge in [-0.05, 0) is 81.8 Å². The zero-order valence-electron chi connectivity index (χ0n) is 33.4. The van der Waals surface area contributed by atoms with E-state index < -0.39 is 0 Å². The molecule has 0 spiro atoms. The molecule has 9 rings (SSSR count). The van der Waals surface area contributed by atoms with E-state index in [4.69, 9.17) is 9.72 Å². The zero-order chi connectivity index (χ0) is 38.8. The maximum Gasteiger partial charge on any atom is 0.135 e. The van der Waals surface area contributed by atoms with E-state index in [2.05, 4.69) is 197 Å². The summed E-state index contributed by atoms with van der Waals surface area (Å²) in [4.78, 5) is 9.49. The number of aryl methyl sites for hydroxylation is 1. The zero-order valence-corrected chi connectivity index (χ0v) is 35.6. The van der Waals surface area contributed by atoms with Crippen LogP contribution in [0.2, 0.25) is 0 Å². The van der Waals surface area contributed by atoms with Gasteiger partial charge in [-0.3, -0.25) is 0 Å². The van der Waals surface area contributed by atoms with Crippen LogP contribution in [0.15, 0.2) is 140 Å². The summed E-state index contributed by atoms with van der Waals surface area (Å²) >= 11 is 0. The Kier molecular flexibility index (Phi) is 9.86. The predicted octanol–water partition coefficient (Wildman–Crippen LogP) is 13.5. The predicted molar refractivity (Wildman–Crippen MR) is 232 cm³/mol. The van der Waals surface area contributed by atoms with Crippen LogP contribution >= 0.6 is 0 Å². The maximum absolute atomic E-state index is 6.57. The molecule has 0 amide bonds. The Morgan fingerprint density at radius 3 is 2.04 bits per heavy atom. The van der Waals surface area contributed by atoms with Crippen molar-refractivity contribution in [2.24, 2.45) is 0 Å². The SMILES string of the molecule is Cc1cc(-n2c3[c-]c(Oc4[c-]c(N5[CH-]N(c6cccc(C(C)(C)C)c6)c6ccccc65)ccc4)ccc3c3ccccc32)ncc1-c1cccc(C(C)(C)C)c1.[Pt]. The molecule has 8 aromatic rings. The first-order chi connectivity index (χ1) is 26.9. The van der Waals surface area contributed by atoms with E-state index in [-0.39, 0.29) is 31.9 Å². The second-order valence-corrected chi connectivity index (χ2v) is 16.8. The van der Waals surface area contributed by atoms with E-state index in [9.17, 15) is 0 Å². The van der Waals surface area contributed by atoms with Crippen LogP contribution in [0.1, 0.15) is 58.2 Å². The number of pyridine rings is 1. The minimum Gasteiger partial charge on any atom is -0.509 e. The van der Waals surface area contributed by atoms with Crippen molar-refractivity contribution < 1.29 is 25.8 Å². The molecular formula is C51H45N4OPt-3. The summed E-state index contributed by atoms with van der Waals surface area (Å²) in [5, 5.41) is 2.23. The second-order valence-electron chi connectivity index (χ2n) is 16.8. The molecule has 0 aliphatic carbocycles. The van der Waals surface area contributed by atoms with Gasteiger partial charge in [0.05, 0.1) is 0 Å². The number of fused-ring (bicyclic) bond motifs is 4. The Hall–Kier alpha value is -5.64. The van der Waals surface area contributed by atoms with Crippen LogP contribution in [0.5, 0.6) is 11.5 Å². The van der Waals surface area contributed by atoms with Crippen molar-refractivity contribution in [3.63, 3.8) is 0 Å². The van der Waals surface area contributed by atoms with E-state index in [1.807, 2.05) is 24.4 Å². The van der Waals surface area contributed by atoms with Gasteiger partial charge < -0.3 is 19.1 Å². The summed E-state index contributed by atoms with van der Waals surface area (Å²) in [5.41, 5.74) is 12.3. The maximum atomic E-state index is 6.57. The molecule has 0 fully saturated rings. The van der Waals surface area contributed by atoms with E-state index in [0.29, 0.717) is 11.5 Å². The van der Waals surface area contributed by atoms with Crippen molar-refractivity contribution in [2.75, 3.05) is 9.80 Å². The van der Waals surface area contributed by atoms with E-state index in [0.717, 1.165) is 61.5 Å². The molecule has 0 atom stereocenters. The Labute approximate surface area is 350 Å². The quantitative estimate of drug-likeness (QED) is 0.156. The molecule has 0 radical (unpaired) electrons. The van der Waals surface area contributed by atoms with Crippen molar-refractivity contribution in [2.45, 2.75) is 59.3 Å². The molecule has 57 heavy (non-hydrogen) atoms. The minimum absolute atomic E-state index is 0. The molecule has 0 unspecified atom stereocenters. The number of hydrogen-bond acceptors (Lipinski definition) is 4. The number of ether oxygens (including phenoxy) is 1. The van der Waals surface area contributed by atoms with Gasteiger partial charge in [-0.25, -0.2) is 4.98 Å². The first kappa shape index (κ1) is 38.2. The van der Waals surface area contributed by atoms with Gasteiger partial charge in [0.15, 0.2) is 0 Å². The van der Waals surface area contributed by atoms with Crippen molar-refractivity contribution in [1.29, 1.82) is 0 Å². The fourth-order valence-corrected chi connectivity index (χ4v) is 7.68. The molecule has 6 aromatic carbocycles. The third-order valence-electron chi connectivity index (χ3n) is 10.8. The fourth-order valence-electron chi connectivity index (χ4n) is 7.68. The Morgan fingerprint density at radius 1 is 0.614 bits per heavy atom. The van der Waals surface area contributed by atoms with Crippen molar-refractivity contribution in [1.82, 2.24) is 9.55 Å². The summed E-state index contributed by atoms with van der Waals surface area (Å²) in [5.74, 6) is 2.05. The van der Waals surface area contributed by atoms with Crippen molar-refractivity contribution in [3.05, 3.63) is 175 Å². The second kappa shape index (κ2) is 14.7. The summed E-state index contributed by atoms with van der Waals surface area (Å²) in [6, 6.07) is 54.0. The first-order valence-corrected chi connectivity index (χ1v) is 19.3. The molecule has 0 bridgehead atoms. The molecule has 6 heteroatoms. The number of aromatic nitrogens is 2. The molecule has 3 heterocycles. The summed E-state index contributed by atoms with van der Waals surface area (Å²) in [7, 11) is 0. The Balaban J connectivity index is 0.00000455. The van der Waals surface area contributed by atoms with Crippen LogP contribution in [0, 0.1) is 25.7 Å².